The van der Waals surface area contributed by atoms with E-state index < -0.39 is 23.8 Å². The van der Waals surface area contributed by atoms with Crippen molar-refractivity contribution in [3.63, 3.8) is 0 Å². The minimum Gasteiger partial charge on any atom is -0.300 e. The van der Waals surface area contributed by atoms with Gasteiger partial charge < -0.3 is 5.32 Å². The molecule has 1 aromatic heterocycles. The van der Waals surface area contributed by atoms with Crippen molar-refractivity contribution >= 4 is 34.2 Å². The fraction of sp³-hybridized carbons (Fsp3) is 0.333. The van der Waals surface area contributed by atoms with Gasteiger partial charge in [0.15, 0.2) is 5.13 Å². The van der Waals surface area contributed by atoms with Crippen molar-refractivity contribution in [2.45, 2.75) is 38.6 Å². The zero-order chi connectivity index (χ0) is 17.6. The molecular formula is C18H17N3O3S. The number of anilines is 1. The van der Waals surface area contributed by atoms with E-state index in [1.54, 1.807) is 31.2 Å². The summed E-state index contributed by atoms with van der Waals surface area (Å²) in [4.78, 5) is 44.2. The molecule has 1 aliphatic carbocycles. The molecule has 1 aromatic carbocycles. The van der Waals surface area contributed by atoms with E-state index in [0.717, 1.165) is 36.3 Å². The smallest absolute Gasteiger partial charge is 0.262 e. The molecule has 2 aliphatic rings. The monoisotopic (exact) mass is 355 g/mol. The normalized spacial score (nSPS) is 17.2. The fourth-order valence-electron chi connectivity index (χ4n) is 3.29. The molecule has 4 rings (SSSR count). The number of carbonyl (C=O) groups excluding carboxylic acids is 3. The SMILES string of the molecule is C[C@@H](C(=O)Nc1nc2c(s1)CCCC2)N1C(=O)c2ccccc2C1=O. The van der Waals surface area contributed by atoms with Gasteiger partial charge in [0.1, 0.15) is 6.04 Å². The van der Waals surface area contributed by atoms with Crippen LogP contribution in [0.5, 0.6) is 0 Å². The molecule has 0 radical (unpaired) electrons. The molecule has 1 atom stereocenters. The highest BCUT2D eigenvalue weighted by Gasteiger charge is 2.40. The number of nitrogens with zero attached hydrogens (tertiary/aromatic N) is 2. The summed E-state index contributed by atoms with van der Waals surface area (Å²) in [6.45, 7) is 1.56. The summed E-state index contributed by atoms with van der Waals surface area (Å²) in [5.74, 6) is -1.26. The summed E-state index contributed by atoms with van der Waals surface area (Å²) < 4.78 is 0. The van der Waals surface area contributed by atoms with Crippen LogP contribution in [0.3, 0.4) is 0 Å². The number of amides is 3. The Balaban J connectivity index is 1.52. The predicted molar refractivity (Wildman–Crippen MR) is 93.8 cm³/mol. The molecule has 128 valence electrons. The lowest BCUT2D eigenvalue weighted by molar-refractivity contribution is -0.119. The topological polar surface area (TPSA) is 79.4 Å². The van der Waals surface area contributed by atoms with Crippen molar-refractivity contribution in [3.8, 4) is 0 Å². The van der Waals surface area contributed by atoms with E-state index in [9.17, 15) is 14.4 Å². The third-order valence-electron chi connectivity index (χ3n) is 4.67. The Bertz CT molecular complexity index is 831. The van der Waals surface area contributed by atoms with E-state index in [0.29, 0.717) is 16.3 Å². The number of nitrogens with one attached hydrogen (secondary N) is 1. The Hall–Kier alpha value is -2.54. The maximum absolute atomic E-state index is 12.6. The second kappa shape index (κ2) is 6.07. The van der Waals surface area contributed by atoms with Crippen molar-refractivity contribution in [1.82, 2.24) is 9.88 Å². The number of rotatable bonds is 3. The van der Waals surface area contributed by atoms with Crippen molar-refractivity contribution in [2.24, 2.45) is 0 Å². The number of benzene rings is 1. The first-order valence-corrected chi connectivity index (χ1v) is 9.14. The summed E-state index contributed by atoms with van der Waals surface area (Å²) in [7, 11) is 0. The number of fused-ring (bicyclic) bond motifs is 2. The molecule has 0 fully saturated rings. The zero-order valence-electron chi connectivity index (χ0n) is 13.7. The van der Waals surface area contributed by atoms with Gasteiger partial charge in [0, 0.05) is 4.88 Å². The Morgan fingerprint density at radius 1 is 1.16 bits per heavy atom. The van der Waals surface area contributed by atoms with Crippen LogP contribution in [-0.4, -0.2) is 33.6 Å². The number of hydrogen-bond donors (Lipinski definition) is 1. The van der Waals surface area contributed by atoms with Crippen LogP contribution in [-0.2, 0) is 17.6 Å². The summed E-state index contributed by atoms with van der Waals surface area (Å²) >= 11 is 1.48. The summed E-state index contributed by atoms with van der Waals surface area (Å²) in [6, 6.07) is 5.73. The number of aromatic nitrogens is 1. The summed E-state index contributed by atoms with van der Waals surface area (Å²) in [6.07, 6.45) is 4.20. The lowest BCUT2D eigenvalue weighted by Gasteiger charge is -2.21. The molecule has 0 unspecified atom stereocenters. The third-order valence-corrected chi connectivity index (χ3v) is 5.74. The molecule has 0 saturated heterocycles. The number of thiazole rings is 1. The lowest BCUT2D eigenvalue weighted by atomic mass is 10.0. The molecule has 6 nitrogen and oxygen atoms in total. The molecule has 3 amide bonds. The van der Waals surface area contributed by atoms with Gasteiger partial charge in [-0.3, -0.25) is 19.3 Å². The summed E-state index contributed by atoms with van der Waals surface area (Å²) in [5.41, 5.74) is 1.74. The zero-order valence-corrected chi connectivity index (χ0v) is 14.6. The molecular weight excluding hydrogens is 338 g/mol. The maximum atomic E-state index is 12.6. The van der Waals surface area contributed by atoms with Gasteiger partial charge in [-0.1, -0.05) is 12.1 Å². The first-order chi connectivity index (χ1) is 12.1. The van der Waals surface area contributed by atoms with Gasteiger partial charge >= 0.3 is 0 Å². The molecule has 0 saturated carbocycles. The van der Waals surface area contributed by atoms with Gasteiger partial charge in [-0.25, -0.2) is 4.98 Å². The molecule has 0 spiro atoms. The highest BCUT2D eigenvalue weighted by molar-refractivity contribution is 7.15. The second-order valence-electron chi connectivity index (χ2n) is 6.29. The number of imide groups is 1. The lowest BCUT2D eigenvalue weighted by Crippen LogP contribution is -2.45. The highest BCUT2D eigenvalue weighted by Crippen LogP contribution is 2.30. The minimum atomic E-state index is -0.895. The molecule has 7 heteroatoms. The van der Waals surface area contributed by atoms with Gasteiger partial charge in [-0.15, -0.1) is 11.3 Å². The van der Waals surface area contributed by atoms with Gasteiger partial charge in [-0.05, 0) is 44.7 Å². The maximum Gasteiger partial charge on any atom is 0.262 e. The van der Waals surface area contributed by atoms with Crippen molar-refractivity contribution in [1.29, 1.82) is 0 Å². The Morgan fingerprint density at radius 2 is 1.80 bits per heavy atom. The van der Waals surface area contributed by atoms with Crippen LogP contribution in [0.1, 0.15) is 51.1 Å². The van der Waals surface area contributed by atoms with Gasteiger partial charge in [-0.2, -0.15) is 0 Å². The van der Waals surface area contributed by atoms with Crippen LogP contribution in [0.2, 0.25) is 0 Å². The highest BCUT2D eigenvalue weighted by atomic mass is 32.1. The standard InChI is InChI=1S/C18H17N3O3S/c1-10(21-16(23)11-6-2-3-7-12(11)17(21)24)15(22)20-18-19-13-8-4-5-9-14(13)25-18/h2-3,6-7,10H,4-5,8-9H2,1H3,(H,19,20,22)/t10-/m0/s1. The quantitative estimate of drug-likeness (QED) is 0.859. The first-order valence-electron chi connectivity index (χ1n) is 8.32. The van der Waals surface area contributed by atoms with Crippen LogP contribution < -0.4 is 5.32 Å². The summed E-state index contributed by atoms with van der Waals surface area (Å²) in [5, 5.41) is 3.31. The average Bonchev–Trinajstić information content (AvgIpc) is 3.13. The van der Waals surface area contributed by atoms with Crippen molar-refractivity contribution in [3.05, 3.63) is 46.0 Å². The Labute approximate surface area is 148 Å². The van der Waals surface area contributed by atoms with Gasteiger partial charge in [0.2, 0.25) is 5.91 Å². The third kappa shape index (κ3) is 2.64. The van der Waals surface area contributed by atoms with Gasteiger partial charge in [0.05, 0.1) is 16.8 Å². The largest absolute Gasteiger partial charge is 0.300 e. The number of carbonyl (C=O) groups is 3. The Morgan fingerprint density at radius 3 is 2.44 bits per heavy atom. The van der Waals surface area contributed by atoms with E-state index in [4.69, 9.17) is 0 Å². The molecule has 2 aromatic rings. The average molecular weight is 355 g/mol. The van der Waals surface area contributed by atoms with Gasteiger partial charge in [0.25, 0.3) is 11.8 Å². The number of aryl methyl sites for hydroxylation is 2. The van der Waals surface area contributed by atoms with Crippen LogP contribution >= 0.6 is 11.3 Å². The van der Waals surface area contributed by atoms with Crippen LogP contribution in [0.15, 0.2) is 24.3 Å². The van der Waals surface area contributed by atoms with E-state index in [2.05, 4.69) is 10.3 Å². The van der Waals surface area contributed by atoms with E-state index in [1.165, 1.54) is 16.2 Å². The molecule has 25 heavy (non-hydrogen) atoms. The first kappa shape index (κ1) is 16.0. The van der Waals surface area contributed by atoms with Crippen molar-refractivity contribution < 1.29 is 14.4 Å². The number of hydrogen-bond acceptors (Lipinski definition) is 5. The van der Waals surface area contributed by atoms with Crippen LogP contribution in [0.4, 0.5) is 5.13 Å². The van der Waals surface area contributed by atoms with Crippen molar-refractivity contribution in [2.75, 3.05) is 5.32 Å². The molecule has 1 N–H and O–H groups in total. The molecule has 1 aliphatic heterocycles. The second-order valence-corrected chi connectivity index (χ2v) is 7.37. The van der Waals surface area contributed by atoms with Crippen LogP contribution in [0, 0.1) is 0 Å². The molecule has 0 bridgehead atoms. The van der Waals surface area contributed by atoms with E-state index >= 15 is 0 Å². The Kier molecular flexibility index (Phi) is 3.88. The van der Waals surface area contributed by atoms with E-state index in [1.807, 2.05) is 0 Å². The molecule has 2 heterocycles. The predicted octanol–water partition coefficient (Wildman–Crippen LogP) is 2.65. The fourth-order valence-corrected chi connectivity index (χ4v) is 4.34. The van der Waals surface area contributed by atoms with Crippen LogP contribution in [0.25, 0.3) is 0 Å². The van der Waals surface area contributed by atoms with E-state index in [-0.39, 0.29) is 0 Å². The minimum absolute atomic E-state index is 0.344.